The van der Waals surface area contributed by atoms with E-state index in [1.807, 2.05) is 32.9 Å². The van der Waals surface area contributed by atoms with Gasteiger partial charge >= 0.3 is 0 Å². The van der Waals surface area contributed by atoms with Gasteiger partial charge in [0.15, 0.2) is 0 Å². The molecule has 1 aromatic carbocycles. The number of hydrogen-bond acceptors (Lipinski definition) is 2. The highest BCUT2D eigenvalue weighted by Crippen LogP contribution is 2.40. The molecule has 1 saturated carbocycles. The quantitative estimate of drug-likeness (QED) is 0.609. The van der Waals surface area contributed by atoms with E-state index in [9.17, 15) is 8.94 Å². The molecule has 98 valence electrons. The molecule has 1 aromatic rings. The zero-order chi connectivity index (χ0) is 13.3. The van der Waals surface area contributed by atoms with Gasteiger partial charge in [-0.15, -0.1) is 0 Å². The maximum Gasteiger partial charge on any atom is 0.144 e. The summed E-state index contributed by atoms with van der Waals surface area (Å²) >= 11 is -1.35. The van der Waals surface area contributed by atoms with Crippen molar-refractivity contribution in [2.24, 2.45) is 4.40 Å². The monoisotopic (exact) mass is 267 g/mol. The van der Waals surface area contributed by atoms with Crippen LogP contribution in [0.4, 0.5) is 4.39 Å². The summed E-state index contributed by atoms with van der Waals surface area (Å²) in [6.07, 6.45) is 3.74. The molecule has 0 aliphatic heterocycles. The average Bonchev–Trinajstić information content (AvgIpc) is 3.10. The molecular formula is C14H18FNOS. The number of nitrogens with zero attached hydrogens (tertiary/aromatic N) is 1. The third kappa shape index (κ3) is 3.33. The molecule has 0 unspecified atom stereocenters. The Morgan fingerprint density at radius 3 is 2.61 bits per heavy atom. The van der Waals surface area contributed by atoms with Crippen LogP contribution in [0, 0.1) is 5.82 Å². The van der Waals surface area contributed by atoms with E-state index in [1.54, 1.807) is 0 Å². The molecule has 1 aliphatic carbocycles. The predicted molar refractivity (Wildman–Crippen MR) is 73.9 cm³/mol. The minimum absolute atomic E-state index is 0.311. The van der Waals surface area contributed by atoms with Gasteiger partial charge in [0.2, 0.25) is 0 Å². The van der Waals surface area contributed by atoms with Crippen LogP contribution in [0.5, 0.6) is 0 Å². The van der Waals surface area contributed by atoms with E-state index in [-0.39, 0.29) is 5.82 Å². The van der Waals surface area contributed by atoms with Gasteiger partial charge in [0.05, 0.1) is 6.21 Å². The van der Waals surface area contributed by atoms with Crippen LogP contribution in [0.3, 0.4) is 0 Å². The molecule has 1 aliphatic rings. The van der Waals surface area contributed by atoms with Crippen molar-refractivity contribution in [3.63, 3.8) is 0 Å². The molecule has 0 bridgehead atoms. The van der Waals surface area contributed by atoms with E-state index in [1.165, 1.54) is 25.1 Å². The largest absolute Gasteiger partial charge is 0.591 e. The first-order valence-corrected chi connectivity index (χ1v) is 7.24. The Morgan fingerprint density at radius 2 is 2.06 bits per heavy atom. The lowest BCUT2D eigenvalue weighted by Crippen LogP contribution is -2.25. The van der Waals surface area contributed by atoms with Gasteiger partial charge in [0, 0.05) is 5.56 Å². The smallest absolute Gasteiger partial charge is 0.144 e. The van der Waals surface area contributed by atoms with Crippen molar-refractivity contribution in [2.45, 2.75) is 44.3 Å². The molecule has 0 N–H and O–H groups in total. The fourth-order valence-electron chi connectivity index (χ4n) is 1.59. The van der Waals surface area contributed by atoms with Crippen LogP contribution in [-0.4, -0.2) is 15.5 Å². The maximum atomic E-state index is 13.6. The molecule has 18 heavy (non-hydrogen) atoms. The Labute approximate surface area is 111 Å². The van der Waals surface area contributed by atoms with Gasteiger partial charge in [0.1, 0.15) is 21.9 Å². The predicted octanol–water partition coefficient (Wildman–Crippen LogP) is 3.58. The summed E-state index contributed by atoms with van der Waals surface area (Å²) in [6, 6.07) is 5.11. The van der Waals surface area contributed by atoms with Crippen LogP contribution in [0.2, 0.25) is 0 Å². The molecule has 0 saturated heterocycles. The molecule has 0 aromatic heterocycles. The van der Waals surface area contributed by atoms with Crippen LogP contribution in [0.15, 0.2) is 22.6 Å². The summed E-state index contributed by atoms with van der Waals surface area (Å²) in [5.41, 5.74) is 1.58. The molecule has 1 fully saturated rings. The normalized spacial score (nSPS) is 18.3. The van der Waals surface area contributed by atoms with Crippen molar-refractivity contribution in [3.05, 3.63) is 35.1 Å². The number of rotatable bonds is 3. The lowest BCUT2D eigenvalue weighted by atomic mass is 10.1. The van der Waals surface area contributed by atoms with Crippen LogP contribution in [-0.2, 0) is 11.4 Å². The number of hydrogen-bond donors (Lipinski definition) is 0. The second-order valence-corrected chi connectivity index (χ2v) is 7.59. The molecule has 0 radical (unpaired) electrons. The Kier molecular flexibility index (Phi) is 3.78. The van der Waals surface area contributed by atoms with Crippen LogP contribution < -0.4 is 0 Å². The van der Waals surface area contributed by atoms with Crippen molar-refractivity contribution in [1.29, 1.82) is 0 Å². The van der Waals surface area contributed by atoms with Crippen molar-refractivity contribution in [1.82, 2.24) is 0 Å². The molecule has 0 amide bonds. The van der Waals surface area contributed by atoms with E-state index >= 15 is 0 Å². The highest BCUT2D eigenvalue weighted by molar-refractivity contribution is 7.91. The lowest BCUT2D eigenvalue weighted by molar-refractivity contribution is 0.561. The van der Waals surface area contributed by atoms with Gasteiger partial charge in [-0.25, -0.2) is 4.39 Å². The molecule has 0 spiro atoms. The lowest BCUT2D eigenvalue weighted by Gasteiger charge is -2.17. The van der Waals surface area contributed by atoms with Crippen molar-refractivity contribution in [2.75, 3.05) is 0 Å². The Balaban J connectivity index is 2.17. The summed E-state index contributed by atoms with van der Waals surface area (Å²) in [6.45, 7) is 5.53. The molecule has 1 atom stereocenters. The molecule has 2 rings (SSSR count). The van der Waals surface area contributed by atoms with Gasteiger partial charge in [-0.1, -0.05) is 10.5 Å². The van der Waals surface area contributed by atoms with Gasteiger partial charge in [-0.05, 0) is 57.2 Å². The zero-order valence-electron chi connectivity index (χ0n) is 10.9. The average molecular weight is 267 g/mol. The van der Waals surface area contributed by atoms with Gasteiger partial charge < -0.3 is 4.55 Å². The highest BCUT2D eigenvalue weighted by atomic mass is 32.2. The van der Waals surface area contributed by atoms with E-state index in [0.717, 1.165) is 5.56 Å². The number of benzene rings is 1. The molecule has 4 heteroatoms. The summed E-state index contributed by atoms with van der Waals surface area (Å²) in [4.78, 5) is 0. The minimum Gasteiger partial charge on any atom is -0.591 e. The summed E-state index contributed by atoms with van der Waals surface area (Å²) in [7, 11) is 0. The first kappa shape index (κ1) is 13.6. The fourth-order valence-corrected chi connectivity index (χ4v) is 2.12. The molecule has 2 nitrogen and oxygen atoms in total. The summed E-state index contributed by atoms with van der Waals surface area (Å²) < 4.78 is 28.9. The summed E-state index contributed by atoms with van der Waals surface area (Å²) in [5.74, 6) is 0.264. The molecular weight excluding hydrogens is 249 g/mol. The van der Waals surface area contributed by atoms with Crippen LogP contribution >= 0.6 is 0 Å². The topological polar surface area (TPSA) is 35.4 Å². The van der Waals surface area contributed by atoms with Crippen molar-refractivity contribution in [3.8, 4) is 0 Å². The number of halogens is 1. The van der Waals surface area contributed by atoms with Crippen LogP contribution in [0.25, 0.3) is 0 Å². The SMILES string of the molecule is CC(C)(C)[S@@+]([O-])N=Cc1cc(C2CC2)ccc1F. The maximum absolute atomic E-state index is 13.6. The van der Waals surface area contributed by atoms with E-state index in [0.29, 0.717) is 11.5 Å². The summed E-state index contributed by atoms with van der Waals surface area (Å²) in [5, 5.41) is 0. The second-order valence-electron chi connectivity index (χ2n) is 5.65. The Morgan fingerprint density at radius 1 is 1.39 bits per heavy atom. The second kappa shape index (κ2) is 5.02. The molecule has 0 heterocycles. The first-order valence-electron chi connectivity index (χ1n) is 6.13. The highest BCUT2D eigenvalue weighted by Gasteiger charge is 2.26. The van der Waals surface area contributed by atoms with Gasteiger partial charge in [-0.3, -0.25) is 0 Å². The van der Waals surface area contributed by atoms with Gasteiger partial charge in [0.25, 0.3) is 0 Å². The van der Waals surface area contributed by atoms with E-state index in [2.05, 4.69) is 4.40 Å². The third-order valence-electron chi connectivity index (χ3n) is 2.88. The zero-order valence-corrected chi connectivity index (χ0v) is 11.8. The van der Waals surface area contributed by atoms with Crippen molar-refractivity contribution < 1.29 is 8.94 Å². The van der Waals surface area contributed by atoms with Crippen LogP contribution in [0.1, 0.15) is 50.7 Å². The minimum atomic E-state index is -1.35. The Bertz CT molecular complexity index is 463. The van der Waals surface area contributed by atoms with E-state index in [4.69, 9.17) is 0 Å². The fraction of sp³-hybridized carbons (Fsp3) is 0.500. The Hall–Kier alpha value is -0.870. The first-order chi connectivity index (χ1) is 8.38. The van der Waals surface area contributed by atoms with Gasteiger partial charge in [-0.2, -0.15) is 0 Å². The standard InChI is InChI=1S/C14H18FNOS/c1-14(2,3)18(17)16-9-12-8-11(10-4-5-10)6-7-13(12)15/h6-10H,4-5H2,1-3H3/t18-/m1/s1. The van der Waals surface area contributed by atoms with E-state index < -0.39 is 16.1 Å². The third-order valence-corrected chi connectivity index (χ3v) is 4.22. The van der Waals surface area contributed by atoms with Crippen molar-refractivity contribution >= 4 is 17.6 Å².